The van der Waals surface area contributed by atoms with E-state index in [0.717, 1.165) is 29.2 Å². The molecule has 1 unspecified atom stereocenters. The Hall–Kier alpha value is -1.98. The van der Waals surface area contributed by atoms with E-state index in [0.29, 0.717) is 5.56 Å². The van der Waals surface area contributed by atoms with Gasteiger partial charge < -0.3 is 5.32 Å². The minimum Gasteiger partial charge on any atom is -0.385 e. The molecule has 0 bridgehead atoms. The van der Waals surface area contributed by atoms with Gasteiger partial charge in [-0.1, -0.05) is 29.8 Å². The summed E-state index contributed by atoms with van der Waals surface area (Å²) in [7, 11) is 0. The van der Waals surface area contributed by atoms with Crippen LogP contribution in [0.15, 0.2) is 42.5 Å². The van der Waals surface area contributed by atoms with Crippen molar-refractivity contribution >= 4 is 17.3 Å². The molecule has 3 rings (SSSR count). The van der Waals surface area contributed by atoms with Crippen molar-refractivity contribution < 1.29 is 0 Å². The van der Waals surface area contributed by atoms with Crippen molar-refractivity contribution in [1.29, 1.82) is 5.26 Å². The second-order valence-corrected chi connectivity index (χ2v) is 5.11. The number of rotatable bonds is 1. The molecular weight excluding hydrogens is 256 g/mol. The summed E-state index contributed by atoms with van der Waals surface area (Å²) < 4.78 is 0. The van der Waals surface area contributed by atoms with Crippen molar-refractivity contribution in [3.05, 3.63) is 64.2 Å². The molecule has 3 heteroatoms. The molecule has 1 heterocycles. The van der Waals surface area contributed by atoms with Gasteiger partial charge in [-0.2, -0.15) is 5.26 Å². The van der Waals surface area contributed by atoms with E-state index in [1.807, 2.05) is 36.4 Å². The Morgan fingerprint density at radius 1 is 1.16 bits per heavy atom. The summed E-state index contributed by atoms with van der Waals surface area (Å²) in [5.74, 6) is 0.262. The summed E-state index contributed by atoms with van der Waals surface area (Å²) in [5, 5.41) is 13.2. The van der Waals surface area contributed by atoms with Crippen LogP contribution >= 0.6 is 11.6 Å². The van der Waals surface area contributed by atoms with E-state index in [-0.39, 0.29) is 5.92 Å². The van der Waals surface area contributed by atoms with Gasteiger partial charge in [0.15, 0.2) is 0 Å². The van der Waals surface area contributed by atoms with Gasteiger partial charge in [-0.05, 0) is 41.8 Å². The molecule has 0 aromatic heterocycles. The second kappa shape index (κ2) is 4.95. The molecule has 0 spiro atoms. The molecule has 1 aliphatic rings. The molecule has 1 N–H and O–H groups in total. The van der Waals surface area contributed by atoms with Gasteiger partial charge in [0, 0.05) is 23.2 Å². The van der Waals surface area contributed by atoms with E-state index in [2.05, 4.69) is 17.5 Å². The van der Waals surface area contributed by atoms with E-state index < -0.39 is 0 Å². The number of nitriles is 1. The van der Waals surface area contributed by atoms with E-state index >= 15 is 0 Å². The molecule has 0 radical (unpaired) electrons. The maximum absolute atomic E-state index is 9.05. The lowest BCUT2D eigenvalue weighted by molar-refractivity contribution is 0.720. The number of anilines is 1. The third-order valence-electron chi connectivity index (χ3n) is 3.59. The predicted molar refractivity (Wildman–Crippen MR) is 77.6 cm³/mol. The van der Waals surface area contributed by atoms with Crippen molar-refractivity contribution in [1.82, 2.24) is 0 Å². The van der Waals surface area contributed by atoms with Gasteiger partial charge in [-0.15, -0.1) is 0 Å². The van der Waals surface area contributed by atoms with Crippen molar-refractivity contribution in [2.75, 3.05) is 11.9 Å². The normalized spacial score (nSPS) is 17.2. The molecule has 0 aliphatic carbocycles. The SMILES string of the molecule is N#Cc1ccc2c(c1)C(c1ccccc1Cl)CCN2. The number of fused-ring (bicyclic) bond motifs is 1. The summed E-state index contributed by atoms with van der Waals surface area (Å²) >= 11 is 6.31. The van der Waals surface area contributed by atoms with Crippen molar-refractivity contribution in [3.63, 3.8) is 0 Å². The highest BCUT2D eigenvalue weighted by molar-refractivity contribution is 6.31. The number of hydrogen-bond acceptors (Lipinski definition) is 2. The Labute approximate surface area is 117 Å². The number of nitrogens with zero attached hydrogens (tertiary/aromatic N) is 1. The molecule has 0 saturated carbocycles. The first-order chi connectivity index (χ1) is 9.29. The number of hydrogen-bond donors (Lipinski definition) is 1. The zero-order valence-corrected chi connectivity index (χ0v) is 11.1. The van der Waals surface area contributed by atoms with Gasteiger partial charge in [0.2, 0.25) is 0 Å². The van der Waals surface area contributed by atoms with Crippen LogP contribution < -0.4 is 5.32 Å². The monoisotopic (exact) mass is 268 g/mol. The van der Waals surface area contributed by atoms with Gasteiger partial charge in [0.1, 0.15) is 0 Å². The Balaban J connectivity index is 2.12. The van der Waals surface area contributed by atoms with Crippen LogP contribution in [0.4, 0.5) is 5.69 Å². The highest BCUT2D eigenvalue weighted by Gasteiger charge is 2.23. The largest absolute Gasteiger partial charge is 0.385 e. The lowest BCUT2D eigenvalue weighted by Crippen LogP contribution is -2.18. The fourth-order valence-electron chi connectivity index (χ4n) is 2.67. The molecule has 94 valence electrons. The number of nitrogens with one attached hydrogen (secondary N) is 1. The molecule has 2 aromatic rings. The first-order valence-electron chi connectivity index (χ1n) is 6.32. The molecule has 0 amide bonds. The molecule has 1 atom stereocenters. The fraction of sp³-hybridized carbons (Fsp3) is 0.188. The highest BCUT2D eigenvalue weighted by atomic mass is 35.5. The van der Waals surface area contributed by atoms with Crippen molar-refractivity contribution in [2.45, 2.75) is 12.3 Å². The minimum absolute atomic E-state index is 0.262. The van der Waals surface area contributed by atoms with Gasteiger partial charge >= 0.3 is 0 Å². The topological polar surface area (TPSA) is 35.8 Å². The average Bonchev–Trinajstić information content (AvgIpc) is 2.47. The molecule has 2 aromatic carbocycles. The van der Waals surface area contributed by atoms with E-state index in [4.69, 9.17) is 16.9 Å². The minimum atomic E-state index is 0.262. The molecule has 1 aliphatic heterocycles. The molecule has 19 heavy (non-hydrogen) atoms. The first kappa shape index (κ1) is 12.1. The first-order valence-corrected chi connectivity index (χ1v) is 6.70. The lowest BCUT2D eigenvalue weighted by atomic mass is 9.84. The number of halogens is 1. The molecule has 0 saturated heterocycles. The third-order valence-corrected chi connectivity index (χ3v) is 3.93. The smallest absolute Gasteiger partial charge is 0.0991 e. The summed E-state index contributed by atoms with van der Waals surface area (Å²) in [5.41, 5.74) is 4.11. The third kappa shape index (κ3) is 2.18. The van der Waals surface area contributed by atoms with Crippen molar-refractivity contribution in [2.24, 2.45) is 0 Å². The standard InChI is InChI=1S/C16H13ClN2/c17-15-4-2-1-3-13(15)12-7-8-19-16-6-5-11(10-18)9-14(12)16/h1-6,9,12,19H,7-8H2. The number of benzene rings is 2. The maximum atomic E-state index is 9.05. The fourth-order valence-corrected chi connectivity index (χ4v) is 2.94. The quantitative estimate of drug-likeness (QED) is 0.843. The van der Waals surface area contributed by atoms with E-state index in [9.17, 15) is 0 Å². The zero-order chi connectivity index (χ0) is 13.2. The van der Waals surface area contributed by atoms with Crippen LogP contribution in [0.5, 0.6) is 0 Å². The van der Waals surface area contributed by atoms with Crippen LogP contribution in [0, 0.1) is 11.3 Å². The summed E-state index contributed by atoms with van der Waals surface area (Å²) in [6.07, 6.45) is 0.992. The van der Waals surface area contributed by atoms with Crippen LogP contribution in [-0.4, -0.2) is 6.54 Å². The molecule has 2 nitrogen and oxygen atoms in total. The molecule has 0 fully saturated rings. The summed E-state index contributed by atoms with van der Waals surface area (Å²) in [6, 6.07) is 16.0. The van der Waals surface area contributed by atoms with Crippen LogP contribution in [0.3, 0.4) is 0 Å². The van der Waals surface area contributed by atoms with Gasteiger partial charge in [-0.25, -0.2) is 0 Å². The van der Waals surface area contributed by atoms with Crippen LogP contribution in [0.2, 0.25) is 5.02 Å². The Kier molecular flexibility index (Phi) is 3.15. The average molecular weight is 269 g/mol. The van der Waals surface area contributed by atoms with Crippen molar-refractivity contribution in [3.8, 4) is 6.07 Å². The summed E-state index contributed by atoms with van der Waals surface area (Å²) in [4.78, 5) is 0. The maximum Gasteiger partial charge on any atom is 0.0991 e. The second-order valence-electron chi connectivity index (χ2n) is 4.70. The molecular formula is C16H13ClN2. The van der Waals surface area contributed by atoms with E-state index in [1.165, 1.54) is 5.56 Å². The van der Waals surface area contributed by atoms with Gasteiger partial charge in [0.25, 0.3) is 0 Å². The van der Waals surface area contributed by atoms with Crippen LogP contribution in [-0.2, 0) is 0 Å². The van der Waals surface area contributed by atoms with Crippen LogP contribution in [0.25, 0.3) is 0 Å². The lowest BCUT2D eigenvalue weighted by Gasteiger charge is -2.27. The Morgan fingerprint density at radius 2 is 2.00 bits per heavy atom. The van der Waals surface area contributed by atoms with Crippen LogP contribution in [0.1, 0.15) is 29.0 Å². The highest BCUT2D eigenvalue weighted by Crippen LogP contribution is 2.39. The van der Waals surface area contributed by atoms with Gasteiger partial charge in [-0.3, -0.25) is 0 Å². The summed E-state index contributed by atoms with van der Waals surface area (Å²) in [6.45, 7) is 0.925. The predicted octanol–water partition coefficient (Wildman–Crippen LogP) is 4.16. The van der Waals surface area contributed by atoms with Gasteiger partial charge in [0.05, 0.1) is 11.6 Å². The van der Waals surface area contributed by atoms with E-state index in [1.54, 1.807) is 0 Å². The zero-order valence-electron chi connectivity index (χ0n) is 10.4. The Bertz CT molecular complexity index is 658. The Morgan fingerprint density at radius 3 is 2.79 bits per heavy atom.